The molecule has 9 nitrogen and oxygen atoms in total. The van der Waals surface area contributed by atoms with Crippen LogP contribution in [0.4, 0.5) is 16.3 Å². The lowest BCUT2D eigenvalue weighted by Crippen LogP contribution is -2.23. The molecular weight excluding hydrogens is 408 g/mol. The molecule has 2 aromatic heterocycles. The van der Waals surface area contributed by atoms with E-state index in [0.717, 1.165) is 5.56 Å². The third-order valence-corrected chi connectivity index (χ3v) is 4.96. The SMILES string of the molecule is COc1ccccc1NC(=O)Nc1cc(-c2ccccc2)nn1-c1nc(C)c(C)c(=O)[nH]1. The maximum Gasteiger partial charge on any atom is 0.324 e. The molecule has 4 rings (SSSR count). The topological polar surface area (TPSA) is 114 Å². The fourth-order valence-corrected chi connectivity index (χ4v) is 3.13. The summed E-state index contributed by atoms with van der Waals surface area (Å²) >= 11 is 0. The van der Waals surface area contributed by atoms with Gasteiger partial charge in [-0.25, -0.2) is 9.78 Å². The van der Waals surface area contributed by atoms with Crippen molar-refractivity contribution < 1.29 is 9.53 Å². The number of aromatic amines is 1. The van der Waals surface area contributed by atoms with Crippen molar-refractivity contribution >= 4 is 17.5 Å². The van der Waals surface area contributed by atoms with Crippen LogP contribution in [0.25, 0.3) is 17.2 Å². The molecule has 0 unspecified atom stereocenters. The number of anilines is 2. The van der Waals surface area contributed by atoms with Crippen LogP contribution in [0.1, 0.15) is 11.3 Å². The van der Waals surface area contributed by atoms with Crippen molar-refractivity contribution in [3.8, 4) is 23.0 Å². The zero-order valence-corrected chi connectivity index (χ0v) is 17.8. The lowest BCUT2D eigenvalue weighted by molar-refractivity contribution is 0.262. The molecule has 0 atom stereocenters. The van der Waals surface area contributed by atoms with Crippen molar-refractivity contribution in [3.05, 3.63) is 82.3 Å². The van der Waals surface area contributed by atoms with Gasteiger partial charge in [0.1, 0.15) is 11.6 Å². The van der Waals surface area contributed by atoms with Gasteiger partial charge in [0.15, 0.2) is 0 Å². The summed E-state index contributed by atoms with van der Waals surface area (Å²) in [6, 6.07) is 17.8. The summed E-state index contributed by atoms with van der Waals surface area (Å²) in [7, 11) is 1.53. The first-order valence-electron chi connectivity index (χ1n) is 9.90. The number of aromatic nitrogens is 4. The number of nitrogens with zero attached hydrogens (tertiary/aromatic N) is 3. The minimum absolute atomic E-state index is 0.202. The predicted octanol–water partition coefficient (Wildman–Crippen LogP) is 3.89. The molecule has 3 N–H and O–H groups in total. The number of methoxy groups -OCH3 is 1. The molecule has 0 aliphatic carbocycles. The average Bonchev–Trinajstić information content (AvgIpc) is 3.21. The Balaban J connectivity index is 1.72. The van der Waals surface area contributed by atoms with Crippen LogP contribution in [-0.4, -0.2) is 32.9 Å². The normalized spacial score (nSPS) is 10.6. The van der Waals surface area contributed by atoms with Gasteiger partial charge in [-0.15, -0.1) is 0 Å². The van der Waals surface area contributed by atoms with Gasteiger partial charge in [-0.3, -0.25) is 15.1 Å². The Morgan fingerprint density at radius 3 is 2.47 bits per heavy atom. The monoisotopic (exact) mass is 430 g/mol. The number of aryl methyl sites for hydroxylation is 1. The fourth-order valence-electron chi connectivity index (χ4n) is 3.13. The summed E-state index contributed by atoms with van der Waals surface area (Å²) in [5.41, 5.74) is 2.80. The Bertz CT molecular complexity index is 1330. The van der Waals surface area contributed by atoms with Gasteiger partial charge < -0.3 is 10.1 Å². The lowest BCUT2D eigenvalue weighted by Gasteiger charge is -2.12. The van der Waals surface area contributed by atoms with Crippen LogP contribution in [0.2, 0.25) is 0 Å². The van der Waals surface area contributed by atoms with Crippen molar-refractivity contribution in [2.75, 3.05) is 17.7 Å². The summed E-state index contributed by atoms with van der Waals surface area (Å²) in [6.07, 6.45) is 0. The van der Waals surface area contributed by atoms with Crippen molar-refractivity contribution in [1.29, 1.82) is 0 Å². The van der Waals surface area contributed by atoms with E-state index in [4.69, 9.17) is 4.74 Å². The standard InChI is InChI=1S/C23H22N6O3/c1-14-15(2)24-22(27-21(14)30)29-20(13-18(28-29)16-9-5-4-6-10-16)26-23(31)25-17-11-7-8-12-19(17)32-3/h4-13H,1-3H3,(H,24,27,30)(H2,25,26,31). The molecular formula is C23H22N6O3. The van der Waals surface area contributed by atoms with Gasteiger partial charge in [-0.05, 0) is 26.0 Å². The first-order chi connectivity index (χ1) is 15.5. The molecule has 32 heavy (non-hydrogen) atoms. The Morgan fingerprint density at radius 2 is 1.75 bits per heavy atom. The first-order valence-corrected chi connectivity index (χ1v) is 9.90. The van der Waals surface area contributed by atoms with Gasteiger partial charge in [0, 0.05) is 22.9 Å². The molecule has 0 spiro atoms. The molecule has 4 aromatic rings. The number of H-pyrrole nitrogens is 1. The zero-order chi connectivity index (χ0) is 22.7. The highest BCUT2D eigenvalue weighted by molar-refractivity contribution is 6.00. The number of benzene rings is 2. The summed E-state index contributed by atoms with van der Waals surface area (Å²) in [5, 5.41) is 10.1. The number of ether oxygens (including phenoxy) is 1. The van der Waals surface area contributed by atoms with Crippen LogP contribution < -0.4 is 20.9 Å². The molecule has 9 heteroatoms. The number of rotatable bonds is 5. The van der Waals surface area contributed by atoms with Gasteiger partial charge >= 0.3 is 6.03 Å². The number of para-hydroxylation sites is 2. The van der Waals surface area contributed by atoms with Crippen LogP contribution in [0.3, 0.4) is 0 Å². The van der Waals surface area contributed by atoms with Crippen LogP contribution in [0.15, 0.2) is 65.5 Å². The van der Waals surface area contributed by atoms with Crippen molar-refractivity contribution in [2.24, 2.45) is 0 Å². The van der Waals surface area contributed by atoms with Gasteiger partial charge in [0.05, 0.1) is 18.5 Å². The minimum atomic E-state index is -0.499. The van der Waals surface area contributed by atoms with Gasteiger partial charge in [0.25, 0.3) is 5.56 Å². The van der Waals surface area contributed by atoms with Crippen molar-refractivity contribution in [3.63, 3.8) is 0 Å². The van der Waals surface area contributed by atoms with Crippen molar-refractivity contribution in [1.82, 2.24) is 19.7 Å². The maximum atomic E-state index is 12.8. The maximum absolute atomic E-state index is 12.8. The van der Waals surface area contributed by atoms with E-state index in [1.807, 2.05) is 36.4 Å². The van der Waals surface area contributed by atoms with Gasteiger partial charge in [-0.1, -0.05) is 42.5 Å². The highest BCUT2D eigenvalue weighted by atomic mass is 16.5. The van der Waals surface area contributed by atoms with Crippen molar-refractivity contribution in [2.45, 2.75) is 13.8 Å². The van der Waals surface area contributed by atoms with E-state index in [1.54, 1.807) is 38.1 Å². The Hall–Kier alpha value is -4.40. The Labute approximate surface area is 184 Å². The Morgan fingerprint density at radius 1 is 1.03 bits per heavy atom. The second-order valence-electron chi connectivity index (χ2n) is 7.07. The van der Waals surface area contributed by atoms with Crippen LogP contribution in [0, 0.1) is 13.8 Å². The van der Waals surface area contributed by atoms with E-state index in [1.165, 1.54) is 11.8 Å². The molecule has 0 fully saturated rings. The molecule has 0 aliphatic rings. The van der Waals surface area contributed by atoms with E-state index in [-0.39, 0.29) is 11.5 Å². The molecule has 0 saturated carbocycles. The van der Waals surface area contributed by atoms with E-state index in [9.17, 15) is 9.59 Å². The molecule has 0 aliphatic heterocycles. The molecule has 2 amide bonds. The number of amides is 2. The van der Waals surface area contributed by atoms with E-state index in [2.05, 4.69) is 25.7 Å². The largest absolute Gasteiger partial charge is 0.495 e. The number of hydrogen-bond donors (Lipinski definition) is 3. The minimum Gasteiger partial charge on any atom is -0.495 e. The average molecular weight is 430 g/mol. The molecule has 2 heterocycles. The third kappa shape index (κ3) is 4.22. The summed E-state index contributed by atoms with van der Waals surface area (Å²) in [5.74, 6) is 1.07. The summed E-state index contributed by atoms with van der Waals surface area (Å²) < 4.78 is 6.68. The molecule has 0 saturated heterocycles. The number of urea groups is 1. The molecule has 0 radical (unpaired) electrons. The third-order valence-electron chi connectivity index (χ3n) is 4.96. The second kappa shape index (κ2) is 8.76. The predicted molar refractivity (Wildman–Crippen MR) is 123 cm³/mol. The molecule has 2 aromatic carbocycles. The summed E-state index contributed by atoms with van der Waals surface area (Å²) in [6.45, 7) is 3.44. The number of hydrogen-bond acceptors (Lipinski definition) is 5. The molecule has 0 bridgehead atoms. The number of carbonyl (C=O) groups excluding carboxylic acids is 1. The second-order valence-corrected chi connectivity index (χ2v) is 7.07. The fraction of sp³-hybridized carbons (Fsp3) is 0.130. The van der Waals surface area contributed by atoms with Gasteiger partial charge in [0.2, 0.25) is 5.95 Å². The van der Waals surface area contributed by atoms with Crippen LogP contribution >= 0.6 is 0 Å². The van der Waals surface area contributed by atoms with E-state index < -0.39 is 6.03 Å². The highest BCUT2D eigenvalue weighted by Crippen LogP contribution is 2.25. The first kappa shape index (κ1) is 20.9. The number of nitrogens with one attached hydrogen (secondary N) is 3. The van der Waals surface area contributed by atoms with Crippen LogP contribution in [-0.2, 0) is 0 Å². The lowest BCUT2D eigenvalue weighted by atomic mass is 10.2. The summed E-state index contributed by atoms with van der Waals surface area (Å²) in [4.78, 5) is 32.2. The smallest absolute Gasteiger partial charge is 0.324 e. The highest BCUT2D eigenvalue weighted by Gasteiger charge is 2.17. The number of carbonyl (C=O) groups is 1. The molecule has 162 valence electrons. The Kier molecular flexibility index (Phi) is 5.71. The van der Waals surface area contributed by atoms with Gasteiger partial charge in [-0.2, -0.15) is 9.78 Å². The van der Waals surface area contributed by atoms with E-state index in [0.29, 0.717) is 34.2 Å². The van der Waals surface area contributed by atoms with E-state index >= 15 is 0 Å². The zero-order valence-electron chi connectivity index (χ0n) is 17.8. The van der Waals surface area contributed by atoms with Crippen LogP contribution in [0.5, 0.6) is 5.75 Å². The quantitative estimate of drug-likeness (QED) is 0.444.